The van der Waals surface area contributed by atoms with Crippen molar-refractivity contribution in [1.29, 1.82) is 0 Å². The van der Waals surface area contributed by atoms with E-state index in [9.17, 15) is 5.11 Å². The van der Waals surface area contributed by atoms with Crippen molar-refractivity contribution >= 4 is 11.6 Å². The fraction of sp³-hybridized carbons (Fsp3) is 0.500. The Morgan fingerprint density at radius 2 is 2.00 bits per heavy atom. The van der Waals surface area contributed by atoms with Gasteiger partial charge in [0.15, 0.2) is 0 Å². The minimum atomic E-state index is -0.349. The number of hydrogen-bond acceptors (Lipinski definition) is 2. The lowest BCUT2D eigenvalue weighted by atomic mass is 9.85. The van der Waals surface area contributed by atoms with Crippen LogP contribution in [0.5, 0.6) is 5.75 Å². The second-order valence-corrected chi connectivity index (χ2v) is 4.70. The van der Waals surface area contributed by atoms with Crippen molar-refractivity contribution in [3.63, 3.8) is 0 Å². The van der Waals surface area contributed by atoms with Crippen LogP contribution in [0.1, 0.15) is 25.0 Å². The summed E-state index contributed by atoms with van der Waals surface area (Å²) in [6.07, 6.45) is 0. The van der Waals surface area contributed by atoms with Gasteiger partial charge < -0.3 is 9.84 Å². The summed E-state index contributed by atoms with van der Waals surface area (Å²) in [5.41, 5.74) is 1.56. The van der Waals surface area contributed by atoms with Crippen LogP contribution < -0.4 is 4.74 Å². The van der Waals surface area contributed by atoms with E-state index in [4.69, 9.17) is 16.3 Å². The van der Waals surface area contributed by atoms with Gasteiger partial charge >= 0.3 is 0 Å². The van der Waals surface area contributed by atoms with Crippen LogP contribution in [0.25, 0.3) is 0 Å². The molecule has 0 heterocycles. The molecule has 3 heteroatoms. The van der Waals surface area contributed by atoms with Crippen molar-refractivity contribution in [2.45, 2.75) is 26.2 Å². The van der Waals surface area contributed by atoms with Crippen LogP contribution in [0.15, 0.2) is 12.1 Å². The molecule has 0 aliphatic rings. The van der Waals surface area contributed by atoms with Crippen molar-refractivity contribution < 1.29 is 9.84 Å². The molecule has 0 spiro atoms. The Labute approximate surface area is 95.8 Å². The summed E-state index contributed by atoms with van der Waals surface area (Å²) in [5, 5.41) is 9.90. The molecule has 0 saturated carbocycles. The number of aliphatic hydroxyl groups is 1. The summed E-state index contributed by atoms with van der Waals surface area (Å²) in [4.78, 5) is 0. The Morgan fingerprint density at radius 3 is 2.47 bits per heavy atom. The molecule has 0 aromatic heterocycles. The summed E-state index contributed by atoms with van der Waals surface area (Å²) in [5.74, 6) is 0.690. The predicted molar refractivity (Wildman–Crippen MR) is 62.9 cm³/mol. The number of hydrogen-bond donors (Lipinski definition) is 1. The molecule has 0 atom stereocenters. The fourth-order valence-electron chi connectivity index (χ4n) is 1.51. The van der Waals surface area contributed by atoms with Crippen LogP contribution in [0.3, 0.4) is 0 Å². The zero-order chi connectivity index (χ0) is 11.6. The number of rotatable bonds is 3. The lowest BCUT2D eigenvalue weighted by Gasteiger charge is -2.25. The largest absolute Gasteiger partial charge is 0.495 e. The maximum Gasteiger partial charge on any atom is 0.140 e. The van der Waals surface area contributed by atoms with Crippen molar-refractivity contribution in [2.24, 2.45) is 0 Å². The van der Waals surface area contributed by atoms with Gasteiger partial charge in [-0.1, -0.05) is 37.6 Å². The first-order valence-corrected chi connectivity index (χ1v) is 5.26. The summed E-state index contributed by atoms with van der Waals surface area (Å²) < 4.78 is 5.24. The van der Waals surface area contributed by atoms with E-state index < -0.39 is 0 Å². The number of aliphatic hydroxyl groups excluding tert-OH is 1. The molecule has 1 aromatic rings. The standard InChI is InChI=1S/C12H17ClO2/c1-8-5-6-9(12(2,3)7-14)10(13)11(8)15-4/h5-6,14H,7H2,1-4H3. The Kier molecular flexibility index (Phi) is 3.63. The van der Waals surface area contributed by atoms with Crippen LogP contribution in [-0.4, -0.2) is 18.8 Å². The van der Waals surface area contributed by atoms with E-state index in [1.54, 1.807) is 7.11 Å². The summed E-state index contributed by atoms with van der Waals surface area (Å²) >= 11 is 6.24. The van der Waals surface area contributed by atoms with Crippen molar-refractivity contribution in [2.75, 3.05) is 13.7 Å². The SMILES string of the molecule is COc1c(C)ccc(C(C)(C)CO)c1Cl. The van der Waals surface area contributed by atoms with Gasteiger partial charge in [0.1, 0.15) is 5.75 Å². The molecule has 0 amide bonds. The minimum absolute atomic E-state index is 0.0545. The summed E-state index contributed by atoms with van der Waals surface area (Å²) in [7, 11) is 1.60. The lowest BCUT2D eigenvalue weighted by molar-refractivity contribution is 0.218. The van der Waals surface area contributed by atoms with Crippen LogP contribution >= 0.6 is 11.6 Å². The molecule has 1 aromatic carbocycles. The molecule has 2 nitrogen and oxygen atoms in total. The highest BCUT2D eigenvalue weighted by molar-refractivity contribution is 6.33. The lowest BCUT2D eigenvalue weighted by Crippen LogP contribution is -2.22. The number of benzene rings is 1. The van der Waals surface area contributed by atoms with E-state index in [1.165, 1.54) is 0 Å². The first-order chi connectivity index (χ1) is 6.94. The highest BCUT2D eigenvalue weighted by Crippen LogP contribution is 2.37. The van der Waals surface area contributed by atoms with E-state index in [2.05, 4.69) is 0 Å². The topological polar surface area (TPSA) is 29.5 Å². The van der Waals surface area contributed by atoms with Crippen molar-refractivity contribution in [1.82, 2.24) is 0 Å². The van der Waals surface area contributed by atoms with Crippen LogP contribution in [-0.2, 0) is 5.41 Å². The zero-order valence-corrected chi connectivity index (χ0v) is 10.4. The Morgan fingerprint density at radius 1 is 1.40 bits per heavy atom. The van der Waals surface area contributed by atoms with Gasteiger partial charge in [-0.2, -0.15) is 0 Å². The third kappa shape index (κ3) is 2.27. The highest BCUT2D eigenvalue weighted by atomic mass is 35.5. The number of methoxy groups -OCH3 is 1. The van der Waals surface area contributed by atoms with Gasteiger partial charge in [-0.05, 0) is 18.1 Å². The molecule has 0 unspecified atom stereocenters. The van der Waals surface area contributed by atoms with Gasteiger partial charge in [-0.25, -0.2) is 0 Å². The molecule has 0 bridgehead atoms. The first-order valence-electron chi connectivity index (χ1n) is 4.88. The summed E-state index contributed by atoms with van der Waals surface area (Å²) in [6, 6.07) is 3.90. The minimum Gasteiger partial charge on any atom is -0.495 e. The summed E-state index contributed by atoms with van der Waals surface area (Å²) in [6.45, 7) is 5.89. The Bertz CT molecular complexity index is 359. The van der Waals surface area contributed by atoms with Gasteiger partial charge in [0.05, 0.1) is 18.7 Å². The Hall–Kier alpha value is -0.730. The van der Waals surface area contributed by atoms with Gasteiger partial charge in [0.25, 0.3) is 0 Å². The Balaban J connectivity index is 3.34. The maximum absolute atomic E-state index is 9.31. The van der Waals surface area contributed by atoms with E-state index in [-0.39, 0.29) is 12.0 Å². The average molecular weight is 229 g/mol. The third-order valence-corrected chi connectivity index (χ3v) is 3.00. The predicted octanol–water partition coefficient (Wildman–Crippen LogP) is 2.93. The quantitative estimate of drug-likeness (QED) is 0.862. The van der Waals surface area contributed by atoms with Crippen molar-refractivity contribution in [3.8, 4) is 5.75 Å². The molecule has 0 fully saturated rings. The number of ether oxygens (including phenoxy) is 1. The van der Waals surface area contributed by atoms with Crippen LogP contribution in [0.4, 0.5) is 0 Å². The van der Waals surface area contributed by atoms with E-state index in [1.807, 2.05) is 32.9 Å². The first kappa shape index (κ1) is 12.3. The van der Waals surface area contributed by atoms with Crippen LogP contribution in [0, 0.1) is 6.92 Å². The molecule has 0 radical (unpaired) electrons. The van der Waals surface area contributed by atoms with E-state index >= 15 is 0 Å². The molecular formula is C12H17ClO2. The van der Waals surface area contributed by atoms with Gasteiger partial charge in [0, 0.05) is 5.41 Å². The smallest absolute Gasteiger partial charge is 0.140 e. The zero-order valence-electron chi connectivity index (χ0n) is 9.60. The molecule has 15 heavy (non-hydrogen) atoms. The average Bonchev–Trinajstić information content (AvgIpc) is 2.18. The van der Waals surface area contributed by atoms with Crippen molar-refractivity contribution in [3.05, 3.63) is 28.3 Å². The van der Waals surface area contributed by atoms with E-state index in [0.717, 1.165) is 11.1 Å². The highest BCUT2D eigenvalue weighted by Gasteiger charge is 2.24. The molecule has 1 rings (SSSR count). The molecular weight excluding hydrogens is 212 g/mol. The third-order valence-electron chi connectivity index (χ3n) is 2.62. The monoisotopic (exact) mass is 228 g/mol. The molecule has 0 saturated heterocycles. The number of halogens is 1. The van der Waals surface area contributed by atoms with E-state index in [0.29, 0.717) is 10.8 Å². The second-order valence-electron chi connectivity index (χ2n) is 4.32. The van der Waals surface area contributed by atoms with Gasteiger partial charge in [-0.15, -0.1) is 0 Å². The number of aryl methyl sites for hydroxylation is 1. The fourth-order valence-corrected chi connectivity index (χ4v) is 2.06. The molecule has 0 aliphatic carbocycles. The van der Waals surface area contributed by atoms with Gasteiger partial charge in [-0.3, -0.25) is 0 Å². The van der Waals surface area contributed by atoms with Gasteiger partial charge in [0.2, 0.25) is 0 Å². The second kappa shape index (κ2) is 4.42. The van der Waals surface area contributed by atoms with Crippen LogP contribution in [0.2, 0.25) is 5.02 Å². The normalized spacial score (nSPS) is 11.6. The maximum atomic E-state index is 9.31. The molecule has 84 valence electrons. The molecule has 0 aliphatic heterocycles. The molecule has 1 N–H and O–H groups in total.